The van der Waals surface area contributed by atoms with E-state index in [1.54, 1.807) is 10.6 Å². The second kappa shape index (κ2) is 10.8. The topological polar surface area (TPSA) is 113 Å². The fourth-order valence-electron chi connectivity index (χ4n) is 3.04. The van der Waals surface area contributed by atoms with Crippen LogP contribution >= 0.6 is 34.8 Å². The van der Waals surface area contributed by atoms with Crippen LogP contribution in [-0.4, -0.2) is 55.4 Å². The first-order chi connectivity index (χ1) is 15.8. The molecule has 0 saturated carbocycles. The van der Waals surface area contributed by atoms with Gasteiger partial charge in [0.2, 0.25) is 0 Å². The maximum Gasteiger partial charge on any atom is 0.343 e. The number of hydrogen-bond donors (Lipinski definition) is 0. The number of nitrogens with zero attached hydrogens (tertiary/aromatic N) is 6. The van der Waals surface area contributed by atoms with Gasteiger partial charge in [-0.25, -0.2) is 28.6 Å². The first-order valence-electron chi connectivity index (χ1n) is 9.69. The van der Waals surface area contributed by atoms with Crippen LogP contribution < -0.4 is 0 Å². The van der Waals surface area contributed by atoms with Gasteiger partial charge in [0.15, 0.2) is 11.3 Å². The molecule has 13 heteroatoms. The van der Waals surface area contributed by atoms with E-state index in [0.29, 0.717) is 10.7 Å². The van der Waals surface area contributed by atoms with Crippen molar-refractivity contribution in [3.8, 4) is 0 Å². The third-order valence-corrected chi connectivity index (χ3v) is 5.46. The van der Waals surface area contributed by atoms with Gasteiger partial charge in [-0.15, -0.1) is 0 Å². The van der Waals surface area contributed by atoms with E-state index >= 15 is 0 Å². The van der Waals surface area contributed by atoms with E-state index in [1.807, 2.05) is 0 Å². The number of esters is 2. The van der Waals surface area contributed by atoms with E-state index < -0.39 is 11.9 Å². The largest absolute Gasteiger partial charge is 0.465 e. The summed E-state index contributed by atoms with van der Waals surface area (Å²) in [5, 5.41) is 8.79. The van der Waals surface area contributed by atoms with Crippen molar-refractivity contribution in [1.82, 2.24) is 29.2 Å². The minimum Gasteiger partial charge on any atom is -0.465 e. The minimum absolute atomic E-state index is 0.154. The number of hydrogen-bond acceptors (Lipinski definition) is 8. The molecule has 0 spiro atoms. The minimum atomic E-state index is -0.574. The number of unbranched alkanes of at least 4 members (excludes halogenated alkanes) is 1. The summed E-state index contributed by atoms with van der Waals surface area (Å²) in [5.41, 5.74) is 2.08. The molecule has 0 radical (unpaired) electrons. The van der Waals surface area contributed by atoms with Crippen LogP contribution in [0.1, 0.15) is 46.2 Å². The molecule has 0 aliphatic carbocycles. The van der Waals surface area contributed by atoms with Crippen molar-refractivity contribution in [3.63, 3.8) is 0 Å². The maximum atomic E-state index is 11.7. The van der Waals surface area contributed by atoms with Crippen molar-refractivity contribution in [3.05, 3.63) is 56.8 Å². The third kappa shape index (κ3) is 5.02. The fraction of sp³-hybridized carbons (Fsp3) is 0.300. The van der Waals surface area contributed by atoms with E-state index in [2.05, 4.69) is 31.8 Å². The molecule has 4 rings (SSSR count). The van der Waals surface area contributed by atoms with Crippen molar-refractivity contribution in [2.75, 3.05) is 14.2 Å². The Kier molecular flexibility index (Phi) is 8.06. The third-order valence-electron chi connectivity index (χ3n) is 4.60. The Morgan fingerprint density at radius 1 is 0.879 bits per heavy atom. The predicted octanol–water partition coefficient (Wildman–Crippen LogP) is 4.33. The van der Waals surface area contributed by atoms with Gasteiger partial charge in [-0.3, -0.25) is 0 Å². The molecular weight excluding hydrogens is 495 g/mol. The van der Waals surface area contributed by atoms with Gasteiger partial charge in [0.1, 0.15) is 28.9 Å². The average Bonchev–Trinajstić information content (AvgIpc) is 3.47. The number of ether oxygens (including phenoxy) is 2. The van der Waals surface area contributed by atoms with Crippen molar-refractivity contribution < 1.29 is 19.1 Å². The highest BCUT2D eigenvalue weighted by Gasteiger charge is 2.20. The Balaban J connectivity index is 0.000000189. The summed E-state index contributed by atoms with van der Waals surface area (Å²) in [6.07, 6.45) is 5.64. The highest BCUT2D eigenvalue weighted by atomic mass is 35.5. The number of halogens is 3. The van der Waals surface area contributed by atoms with Crippen LogP contribution in [0.2, 0.25) is 15.2 Å². The lowest BCUT2D eigenvalue weighted by atomic mass is 10.1. The molecule has 33 heavy (non-hydrogen) atoms. The lowest BCUT2D eigenvalue weighted by molar-refractivity contribution is 0.0593. The molecule has 174 valence electrons. The van der Waals surface area contributed by atoms with Crippen LogP contribution in [0.25, 0.3) is 11.3 Å². The number of carbonyl (C=O) groups excluding carboxylic acids is 2. The van der Waals surface area contributed by atoms with Gasteiger partial charge in [0, 0.05) is 5.69 Å². The van der Waals surface area contributed by atoms with Gasteiger partial charge in [0.05, 0.1) is 24.3 Å². The molecule has 4 aromatic heterocycles. The lowest BCUT2D eigenvalue weighted by Gasteiger charge is -2.08. The molecule has 0 fully saturated rings. The highest BCUT2D eigenvalue weighted by Crippen LogP contribution is 2.25. The second-order valence-corrected chi connectivity index (χ2v) is 7.83. The quantitative estimate of drug-likeness (QED) is 0.286. The monoisotopic (exact) mass is 512 g/mol. The molecule has 4 aromatic rings. The summed E-state index contributed by atoms with van der Waals surface area (Å²) in [5.74, 6) is -1.07. The zero-order valence-electron chi connectivity index (χ0n) is 17.9. The van der Waals surface area contributed by atoms with E-state index in [4.69, 9.17) is 39.5 Å². The molecule has 0 aliphatic heterocycles. The number of rotatable bonds is 5. The Morgan fingerprint density at radius 3 is 1.94 bits per heavy atom. The number of pyridine rings is 2. The number of aryl methyl sites for hydroxylation is 1. The number of fused-ring (bicyclic) bond motifs is 2. The molecule has 10 nitrogen and oxygen atoms in total. The average molecular weight is 514 g/mol. The Labute approximate surface area is 203 Å². The molecule has 0 amide bonds. The van der Waals surface area contributed by atoms with Gasteiger partial charge >= 0.3 is 11.9 Å². The second-order valence-electron chi connectivity index (χ2n) is 6.63. The van der Waals surface area contributed by atoms with Crippen LogP contribution in [0.15, 0.2) is 24.8 Å². The molecule has 0 saturated heterocycles. The molecule has 0 aliphatic rings. The predicted molar refractivity (Wildman–Crippen MR) is 122 cm³/mol. The summed E-state index contributed by atoms with van der Waals surface area (Å²) < 4.78 is 12.2. The smallest absolute Gasteiger partial charge is 0.343 e. The van der Waals surface area contributed by atoms with E-state index in [9.17, 15) is 9.59 Å². The first-order valence-corrected chi connectivity index (χ1v) is 10.8. The Bertz CT molecular complexity index is 1320. The number of carbonyl (C=O) groups is 2. The van der Waals surface area contributed by atoms with Crippen LogP contribution in [0.3, 0.4) is 0 Å². The first kappa shape index (κ1) is 24.7. The van der Waals surface area contributed by atoms with E-state index in [1.165, 1.54) is 37.5 Å². The van der Waals surface area contributed by atoms with Crippen molar-refractivity contribution in [2.24, 2.45) is 0 Å². The number of aromatic nitrogens is 6. The van der Waals surface area contributed by atoms with Crippen molar-refractivity contribution >= 4 is 58.0 Å². The number of methoxy groups -OCH3 is 2. The van der Waals surface area contributed by atoms with Crippen molar-refractivity contribution in [1.29, 1.82) is 0 Å². The van der Waals surface area contributed by atoms with E-state index in [0.717, 1.165) is 25.0 Å². The molecule has 0 unspecified atom stereocenters. The summed E-state index contributed by atoms with van der Waals surface area (Å²) >= 11 is 17.9. The zero-order valence-corrected chi connectivity index (χ0v) is 20.1. The molecule has 0 aromatic carbocycles. The van der Waals surface area contributed by atoms with Gasteiger partial charge in [-0.2, -0.15) is 10.2 Å². The van der Waals surface area contributed by atoms with Crippen LogP contribution in [0.5, 0.6) is 0 Å². The van der Waals surface area contributed by atoms with Crippen molar-refractivity contribution in [2.45, 2.75) is 26.2 Å². The zero-order chi connectivity index (χ0) is 24.1. The molecule has 0 atom stereocenters. The van der Waals surface area contributed by atoms with Crippen LogP contribution in [0.4, 0.5) is 0 Å². The Morgan fingerprint density at radius 2 is 1.39 bits per heavy atom. The fourth-order valence-corrected chi connectivity index (χ4v) is 3.88. The lowest BCUT2D eigenvalue weighted by Crippen LogP contribution is -2.09. The Hall–Kier alpha value is -2.95. The summed E-state index contributed by atoms with van der Waals surface area (Å²) in [7, 11) is 2.58. The molecular formula is C20H19Cl3N6O4. The summed E-state index contributed by atoms with van der Waals surface area (Å²) in [4.78, 5) is 31.1. The normalized spacial score (nSPS) is 10.7. The van der Waals surface area contributed by atoms with Gasteiger partial charge in [-0.1, -0.05) is 48.1 Å². The SMILES string of the molecule is CCCCc1cc(Cl)c(C(=O)OC)c2ncnn12.COC(=O)c1c(Cl)cc(Cl)n2ncnc12. The molecule has 0 bridgehead atoms. The molecule has 4 heterocycles. The van der Waals surface area contributed by atoms with Gasteiger partial charge in [-0.05, 0) is 25.0 Å². The van der Waals surface area contributed by atoms with E-state index in [-0.39, 0.29) is 26.9 Å². The summed E-state index contributed by atoms with van der Waals surface area (Å²) in [6.45, 7) is 2.11. The molecule has 0 N–H and O–H groups in total. The van der Waals surface area contributed by atoms with Crippen LogP contribution in [-0.2, 0) is 15.9 Å². The standard InChI is InChI=1S/C12H14ClN3O2.C8H5Cl2N3O2/c1-3-4-5-8-6-9(13)10(12(17)18-2)11-14-7-15-16(8)11;1-15-8(14)6-4(9)2-5(10)13-7(6)11-3-12-13/h6-7H,3-5H2,1-2H3;2-3H,1H3. The van der Waals surface area contributed by atoms with Crippen LogP contribution in [0, 0.1) is 0 Å². The maximum absolute atomic E-state index is 11.7. The summed E-state index contributed by atoms with van der Waals surface area (Å²) in [6, 6.07) is 3.17. The van der Waals surface area contributed by atoms with Gasteiger partial charge < -0.3 is 9.47 Å². The van der Waals surface area contributed by atoms with Gasteiger partial charge in [0.25, 0.3) is 0 Å². The highest BCUT2D eigenvalue weighted by molar-refractivity contribution is 6.37.